The van der Waals surface area contributed by atoms with Crippen molar-refractivity contribution in [2.45, 2.75) is 32.4 Å². The molecular formula is C20H19N5O2. The number of aromatic nitrogens is 5. The van der Waals surface area contributed by atoms with Gasteiger partial charge >= 0.3 is 0 Å². The van der Waals surface area contributed by atoms with Crippen molar-refractivity contribution in [3.63, 3.8) is 0 Å². The summed E-state index contributed by atoms with van der Waals surface area (Å²) >= 11 is 0. The van der Waals surface area contributed by atoms with E-state index in [4.69, 9.17) is 4.74 Å². The molecule has 4 aromatic rings. The quantitative estimate of drug-likeness (QED) is 0.561. The number of ether oxygens (including phenoxy) is 1. The highest BCUT2D eigenvalue weighted by atomic mass is 16.5. The standard InChI is InChI=1S/C20H19N5O2/c1-13-17(14-6-3-2-4-7-14)19-22-21-18-16(25(19)23-13)9-10-24(20(18)26)12-15-8-5-11-27-15/h2-4,6-7,9-10,15H,5,8,11-12H2,1H3. The summed E-state index contributed by atoms with van der Waals surface area (Å²) in [4.78, 5) is 12.9. The van der Waals surface area contributed by atoms with Crippen molar-refractivity contribution < 1.29 is 4.74 Å². The predicted molar refractivity (Wildman–Crippen MR) is 102 cm³/mol. The number of nitrogens with zero attached hydrogens (tertiary/aromatic N) is 5. The number of fused-ring (bicyclic) bond motifs is 3. The van der Waals surface area contributed by atoms with E-state index in [1.807, 2.05) is 43.3 Å². The van der Waals surface area contributed by atoms with Gasteiger partial charge in [-0.3, -0.25) is 4.79 Å². The van der Waals surface area contributed by atoms with Crippen LogP contribution in [-0.4, -0.2) is 37.1 Å². The molecule has 0 bridgehead atoms. The van der Waals surface area contributed by atoms with Gasteiger partial charge < -0.3 is 9.30 Å². The molecule has 1 atom stereocenters. The highest BCUT2D eigenvalue weighted by Gasteiger charge is 2.20. The molecule has 0 N–H and O–H groups in total. The molecule has 7 nitrogen and oxygen atoms in total. The third-order valence-electron chi connectivity index (χ3n) is 5.11. The molecule has 1 unspecified atom stereocenters. The van der Waals surface area contributed by atoms with Crippen molar-refractivity contribution in [3.8, 4) is 11.1 Å². The SMILES string of the molecule is Cc1nn2c(nnc3c(=O)n(CC4CCCO4)ccc32)c1-c1ccccc1. The Morgan fingerprint density at radius 2 is 2.04 bits per heavy atom. The molecule has 27 heavy (non-hydrogen) atoms. The lowest BCUT2D eigenvalue weighted by Gasteiger charge is -2.12. The molecule has 1 aliphatic rings. The summed E-state index contributed by atoms with van der Waals surface area (Å²) in [5.41, 5.74) is 4.31. The molecule has 7 heteroatoms. The van der Waals surface area contributed by atoms with Crippen LogP contribution in [0.25, 0.3) is 27.8 Å². The minimum atomic E-state index is -0.160. The lowest BCUT2D eigenvalue weighted by molar-refractivity contribution is 0.0963. The van der Waals surface area contributed by atoms with E-state index in [1.54, 1.807) is 15.3 Å². The van der Waals surface area contributed by atoms with Gasteiger partial charge in [0.15, 0.2) is 11.2 Å². The van der Waals surface area contributed by atoms with E-state index in [0.717, 1.165) is 36.3 Å². The molecule has 4 heterocycles. The fourth-order valence-electron chi connectivity index (χ4n) is 3.78. The average Bonchev–Trinajstić information content (AvgIpc) is 3.31. The lowest BCUT2D eigenvalue weighted by atomic mass is 10.1. The molecule has 3 aromatic heterocycles. The maximum Gasteiger partial charge on any atom is 0.280 e. The van der Waals surface area contributed by atoms with Crippen LogP contribution in [0.15, 0.2) is 47.4 Å². The van der Waals surface area contributed by atoms with Gasteiger partial charge in [0.25, 0.3) is 5.56 Å². The molecule has 1 aliphatic heterocycles. The highest BCUT2D eigenvalue weighted by molar-refractivity contribution is 5.84. The monoisotopic (exact) mass is 361 g/mol. The van der Waals surface area contributed by atoms with Crippen LogP contribution >= 0.6 is 0 Å². The first-order chi connectivity index (χ1) is 13.2. The van der Waals surface area contributed by atoms with Crippen molar-refractivity contribution in [1.29, 1.82) is 0 Å². The second kappa shape index (κ2) is 6.28. The fourth-order valence-corrected chi connectivity index (χ4v) is 3.78. The van der Waals surface area contributed by atoms with Gasteiger partial charge in [-0.1, -0.05) is 30.3 Å². The van der Waals surface area contributed by atoms with Gasteiger partial charge in [-0.25, -0.2) is 4.52 Å². The van der Waals surface area contributed by atoms with Crippen LogP contribution in [0.3, 0.4) is 0 Å². The average molecular weight is 361 g/mol. The zero-order valence-corrected chi connectivity index (χ0v) is 15.0. The molecule has 136 valence electrons. The summed E-state index contributed by atoms with van der Waals surface area (Å²) in [6.07, 6.45) is 3.91. The van der Waals surface area contributed by atoms with Gasteiger partial charge in [0, 0.05) is 12.8 Å². The number of pyridine rings is 1. The third kappa shape index (κ3) is 2.62. The summed E-state index contributed by atoms with van der Waals surface area (Å²) in [5, 5.41) is 13.2. The highest BCUT2D eigenvalue weighted by Crippen LogP contribution is 2.27. The van der Waals surface area contributed by atoms with Gasteiger partial charge in [0.2, 0.25) is 0 Å². The summed E-state index contributed by atoms with van der Waals surface area (Å²) < 4.78 is 9.03. The van der Waals surface area contributed by atoms with Crippen LogP contribution in [0.5, 0.6) is 0 Å². The number of benzene rings is 1. The number of hydrogen-bond donors (Lipinski definition) is 0. The normalized spacial score (nSPS) is 17.1. The Labute approximate surface area is 155 Å². The van der Waals surface area contributed by atoms with Crippen molar-refractivity contribution in [1.82, 2.24) is 24.4 Å². The second-order valence-corrected chi connectivity index (χ2v) is 6.90. The third-order valence-corrected chi connectivity index (χ3v) is 5.11. The Morgan fingerprint density at radius 3 is 2.81 bits per heavy atom. The molecule has 5 rings (SSSR count). The molecule has 0 spiro atoms. The van der Waals surface area contributed by atoms with Crippen LogP contribution in [0, 0.1) is 6.92 Å². The minimum absolute atomic E-state index is 0.0912. The van der Waals surface area contributed by atoms with E-state index in [9.17, 15) is 4.79 Å². The first kappa shape index (κ1) is 16.1. The van der Waals surface area contributed by atoms with Crippen molar-refractivity contribution in [2.24, 2.45) is 0 Å². The van der Waals surface area contributed by atoms with Crippen LogP contribution in [0.4, 0.5) is 0 Å². The summed E-state index contributed by atoms with van der Waals surface area (Å²) in [7, 11) is 0. The Morgan fingerprint density at radius 1 is 1.19 bits per heavy atom. The molecular weight excluding hydrogens is 342 g/mol. The Bertz CT molecular complexity index is 1190. The Kier molecular flexibility index (Phi) is 3.75. The van der Waals surface area contributed by atoms with E-state index in [2.05, 4.69) is 15.3 Å². The number of rotatable bonds is 3. The maximum atomic E-state index is 12.9. The molecule has 0 saturated carbocycles. The number of aryl methyl sites for hydroxylation is 1. The Balaban J connectivity index is 1.67. The van der Waals surface area contributed by atoms with E-state index in [1.165, 1.54) is 0 Å². The van der Waals surface area contributed by atoms with Crippen LogP contribution in [-0.2, 0) is 11.3 Å². The summed E-state index contributed by atoms with van der Waals surface area (Å²) in [6, 6.07) is 11.9. The molecule has 1 fully saturated rings. The van der Waals surface area contributed by atoms with Crippen LogP contribution < -0.4 is 5.56 Å². The molecule has 0 aliphatic carbocycles. The van der Waals surface area contributed by atoms with Crippen molar-refractivity contribution in [2.75, 3.05) is 6.61 Å². The molecule has 0 radical (unpaired) electrons. The predicted octanol–water partition coefficient (Wildman–Crippen LogP) is 2.59. The first-order valence-corrected chi connectivity index (χ1v) is 9.14. The minimum Gasteiger partial charge on any atom is -0.376 e. The van der Waals surface area contributed by atoms with E-state index >= 15 is 0 Å². The fraction of sp³-hybridized carbons (Fsp3) is 0.300. The van der Waals surface area contributed by atoms with Gasteiger partial charge in [-0.15, -0.1) is 10.2 Å². The lowest BCUT2D eigenvalue weighted by Crippen LogP contribution is -2.27. The van der Waals surface area contributed by atoms with Gasteiger partial charge in [-0.05, 0) is 31.4 Å². The van der Waals surface area contributed by atoms with Crippen LogP contribution in [0.2, 0.25) is 0 Å². The smallest absolute Gasteiger partial charge is 0.280 e. The topological polar surface area (TPSA) is 74.3 Å². The molecule has 1 aromatic carbocycles. The van der Waals surface area contributed by atoms with Crippen molar-refractivity contribution in [3.05, 3.63) is 58.6 Å². The molecule has 0 amide bonds. The number of hydrogen-bond acceptors (Lipinski definition) is 5. The van der Waals surface area contributed by atoms with Crippen LogP contribution in [0.1, 0.15) is 18.5 Å². The van der Waals surface area contributed by atoms with E-state index < -0.39 is 0 Å². The summed E-state index contributed by atoms with van der Waals surface area (Å²) in [5.74, 6) is 0. The Hall–Kier alpha value is -3.06. The zero-order chi connectivity index (χ0) is 18.4. The second-order valence-electron chi connectivity index (χ2n) is 6.90. The molecule has 1 saturated heterocycles. The summed E-state index contributed by atoms with van der Waals surface area (Å²) in [6.45, 7) is 3.26. The first-order valence-electron chi connectivity index (χ1n) is 9.14. The zero-order valence-electron chi connectivity index (χ0n) is 15.0. The van der Waals surface area contributed by atoms with Crippen molar-refractivity contribution >= 4 is 16.7 Å². The van der Waals surface area contributed by atoms with Gasteiger partial charge in [0.05, 0.1) is 23.9 Å². The maximum absolute atomic E-state index is 12.9. The van der Waals surface area contributed by atoms with Gasteiger partial charge in [0.1, 0.15) is 5.52 Å². The van der Waals surface area contributed by atoms with Gasteiger partial charge in [-0.2, -0.15) is 5.10 Å². The van der Waals surface area contributed by atoms with E-state index in [0.29, 0.717) is 23.2 Å². The largest absolute Gasteiger partial charge is 0.376 e. The van der Waals surface area contributed by atoms with E-state index in [-0.39, 0.29) is 11.7 Å².